The lowest BCUT2D eigenvalue weighted by Crippen LogP contribution is -2.51. The summed E-state index contributed by atoms with van der Waals surface area (Å²) in [5.74, 6) is 1.49. The van der Waals surface area contributed by atoms with E-state index in [0.717, 1.165) is 39.0 Å². The minimum absolute atomic E-state index is 0. The lowest BCUT2D eigenvalue weighted by molar-refractivity contribution is -0.138. The molecule has 1 N–H and O–H groups in total. The van der Waals surface area contributed by atoms with Gasteiger partial charge in [0, 0.05) is 36.5 Å². The van der Waals surface area contributed by atoms with Crippen molar-refractivity contribution >= 4 is 42.1 Å². The van der Waals surface area contributed by atoms with Crippen molar-refractivity contribution in [2.24, 2.45) is 11.8 Å². The summed E-state index contributed by atoms with van der Waals surface area (Å²) in [5.41, 5.74) is 0. The number of hydrogen-bond acceptors (Lipinski definition) is 4. The quantitative estimate of drug-likeness (QED) is 0.909. The van der Waals surface area contributed by atoms with Crippen molar-refractivity contribution in [3.63, 3.8) is 0 Å². The molecule has 2 atom stereocenters. The number of nitrogens with one attached hydrogen (secondary N) is 1. The van der Waals surface area contributed by atoms with E-state index >= 15 is 0 Å². The number of aromatic nitrogens is 1. The van der Waals surface area contributed by atoms with Crippen molar-refractivity contribution in [3.05, 3.63) is 16.6 Å². The van der Waals surface area contributed by atoms with E-state index in [9.17, 15) is 4.79 Å². The molecule has 2 unspecified atom stereocenters. The van der Waals surface area contributed by atoms with E-state index in [4.69, 9.17) is 0 Å². The van der Waals surface area contributed by atoms with Gasteiger partial charge in [0.2, 0.25) is 5.91 Å². The Hall–Kier alpha value is -0.360. The molecule has 0 spiro atoms. The third kappa shape index (κ3) is 4.09. The Balaban J connectivity index is 0.00000110. The SMILES string of the molecule is CC(C(=O)N1CCCC(c2nccs2)C1)C1CNC1.Cl.Cl. The summed E-state index contributed by atoms with van der Waals surface area (Å²) in [6.07, 6.45) is 4.13. The number of rotatable bonds is 3. The molecule has 1 amide bonds. The molecule has 4 nitrogen and oxygen atoms in total. The van der Waals surface area contributed by atoms with E-state index < -0.39 is 0 Å². The Morgan fingerprint density at radius 3 is 2.81 bits per heavy atom. The number of likely N-dealkylation sites (tertiary alicyclic amines) is 1. The van der Waals surface area contributed by atoms with Gasteiger partial charge < -0.3 is 10.2 Å². The van der Waals surface area contributed by atoms with Gasteiger partial charge in [-0.1, -0.05) is 6.92 Å². The van der Waals surface area contributed by atoms with Crippen molar-refractivity contribution in [1.82, 2.24) is 15.2 Å². The van der Waals surface area contributed by atoms with Gasteiger partial charge in [-0.3, -0.25) is 4.79 Å². The molecule has 0 saturated carbocycles. The van der Waals surface area contributed by atoms with Crippen molar-refractivity contribution in [2.75, 3.05) is 26.2 Å². The first-order chi connectivity index (χ1) is 9.25. The molecule has 2 aliphatic rings. The smallest absolute Gasteiger partial charge is 0.225 e. The first-order valence-corrected chi connectivity index (χ1v) is 8.02. The largest absolute Gasteiger partial charge is 0.342 e. The third-order valence-electron chi connectivity index (χ3n) is 4.44. The van der Waals surface area contributed by atoms with Crippen molar-refractivity contribution in [1.29, 1.82) is 0 Å². The highest BCUT2D eigenvalue weighted by molar-refractivity contribution is 7.09. The average Bonchev–Trinajstić information content (AvgIpc) is 2.90. The number of thiazole rings is 1. The number of hydrogen-bond donors (Lipinski definition) is 1. The summed E-state index contributed by atoms with van der Waals surface area (Å²) in [4.78, 5) is 19.0. The summed E-state index contributed by atoms with van der Waals surface area (Å²) in [7, 11) is 0. The van der Waals surface area contributed by atoms with E-state index in [1.165, 1.54) is 5.01 Å². The van der Waals surface area contributed by atoms with Crippen LogP contribution in [0.5, 0.6) is 0 Å². The number of nitrogens with zero attached hydrogens (tertiary/aromatic N) is 2. The van der Waals surface area contributed by atoms with Gasteiger partial charge >= 0.3 is 0 Å². The van der Waals surface area contributed by atoms with E-state index in [0.29, 0.717) is 17.7 Å². The van der Waals surface area contributed by atoms with E-state index in [1.54, 1.807) is 11.3 Å². The maximum atomic E-state index is 12.5. The second-order valence-corrected chi connectivity index (χ2v) is 6.63. The molecule has 3 heterocycles. The topological polar surface area (TPSA) is 45.2 Å². The van der Waals surface area contributed by atoms with Gasteiger partial charge in [-0.05, 0) is 31.8 Å². The van der Waals surface area contributed by atoms with E-state index in [2.05, 4.69) is 22.1 Å². The fourth-order valence-corrected chi connectivity index (χ4v) is 3.74. The fourth-order valence-electron chi connectivity index (χ4n) is 2.97. The summed E-state index contributed by atoms with van der Waals surface area (Å²) in [5, 5.41) is 6.47. The van der Waals surface area contributed by atoms with Crippen LogP contribution in [0.25, 0.3) is 0 Å². The van der Waals surface area contributed by atoms with Gasteiger partial charge in [-0.25, -0.2) is 4.98 Å². The van der Waals surface area contributed by atoms with Gasteiger partial charge in [0.25, 0.3) is 0 Å². The molecule has 1 aromatic rings. The monoisotopic (exact) mass is 351 g/mol. The highest BCUT2D eigenvalue weighted by atomic mass is 35.5. The zero-order valence-electron chi connectivity index (χ0n) is 12.2. The number of carbonyl (C=O) groups is 1. The Morgan fingerprint density at radius 2 is 2.24 bits per heavy atom. The van der Waals surface area contributed by atoms with Crippen molar-refractivity contribution in [3.8, 4) is 0 Å². The second-order valence-electron chi connectivity index (χ2n) is 5.70. The Bertz CT molecular complexity index is 439. The van der Waals surface area contributed by atoms with Gasteiger partial charge in [0.15, 0.2) is 0 Å². The number of halogens is 2. The van der Waals surface area contributed by atoms with Gasteiger partial charge in [-0.2, -0.15) is 0 Å². The minimum atomic E-state index is 0. The molecule has 2 fully saturated rings. The predicted molar refractivity (Wildman–Crippen MR) is 90.7 cm³/mol. The first-order valence-electron chi connectivity index (χ1n) is 7.14. The molecule has 0 bridgehead atoms. The average molecular weight is 352 g/mol. The van der Waals surface area contributed by atoms with Crippen LogP contribution in [-0.4, -0.2) is 42.0 Å². The molecular weight excluding hydrogens is 329 g/mol. The van der Waals surface area contributed by atoms with Crippen LogP contribution >= 0.6 is 36.2 Å². The van der Waals surface area contributed by atoms with Crippen molar-refractivity contribution in [2.45, 2.75) is 25.7 Å². The molecule has 3 rings (SSSR count). The van der Waals surface area contributed by atoms with Crippen LogP contribution < -0.4 is 5.32 Å². The molecule has 0 radical (unpaired) electrons. The second kappa shape index (κ2) is 8.32. The third-order valence-corrected chi connectivity index (χ3v) is 5.38. The summed E-state index contributed by atoms with van der Waals surface area (Å²) < 4.78 is 0. The molecule has 0 aromatic carbocycles. The summed E-state index contributed by atoms with van der Waals surface area (Å²) in [6.45, 7) is 5.86. The maximum absolute atomic E-state index is 12.5. The minimum Gasteiger partial charge on any atom is -0.342 e. The van der Waals surface area contributed by atoms with Gasteiger partial charge in [0.05, 0.1) is 5.01 Å². The Labute approximate surface area is 142 Å². The molecule has 120 valence electrons. The predicted octanol–water partition coefficient (Wildman–Crippen LogP) is 2.55. The van der Waals surface area contributed by atoms with E-state index in [1.807, 2.05) is 11.6 Å². The first kappa shape index (κ1) is 18.7. The molecule has 7 heteroatoms. The molecule has 0 aliphatic carbocycles. The van der Waals surface area contributed by atoms with Gasteiger partial charge in [0.1, 0.15) is 0 Å². The van der Waals surface area contributed by atoms with E-state index in [-0.39, 0.29) is 30.7 Å². The van der Waals surface area contributed by atoms with Crippen LogP contribution in [0.15, 0.2) is 11.6 Å². The fraction of sp³-hybridized carbons (Fsp3) is 0.714. The lowest BCUT2D eigenvalue weighted by Gasteiger charge is -2.38. The maximum Gasteiger partial charge on any atom is 0.225 e. The van der Waals surface area contributed by atoms with Crippen LogP contribution in [0.3, 0.4) is 0 Å². The van der Waals surface area contributed by atoms with Crippen LogP contribution in [0.2, 0.25) is 0 Å². The highest BCUT2D eigenvalue weighted by Crippen LogP contribution is 2.30. The van der Waals surface area contributed by atoms with Crippen LogP contribution in [0, 0.1) is 11.8 Å². The van der Waals surface area contributed by atoms with Crippen LogP contribution in [0.4, 0.5) is 0 Å². The molecule has 21 heavy (non-hydrogen) atoms. The van der Waals surface area contributed by atoms with Crippen molar-refractivity contribution < 1.29 is 4.79 Å². The molecule has 2 aliphatic heterocycles. The van der Waals surface area contributed by atoms with Crippen LogP contribution in [-0.2, 0) is 4.79 Å². The number of carbonyl (C=O) groups excluding carboxylic acids is 1. The molecule has 1 aromatic heterocycles. The Kier molecular flexibility index (Phi) is 7.40. The Morgan fingerprint density at radius 1 is 1.48 bits per heavy atom. The summed E-state index contributed by atoms with van der Waals surface area (Å²) >= 11 is 1.71. The molecule has 2 saturated heterocycles. The lowest BCUT2D eigenvalue weighted by atomic mass is 9.87. The standard InChI is InChI=1S/C14H21N3OS.2ClH/c1-10(12-7-15-8-12)14(18)17-5-2-3-11(9-17)13-16-4-6-19-13;;/h4,6,10-12,15H,2-3,5,7-9H2,1H3;2*1H. The number of amides is 1. The normalized spacial score (nSPS) is 23.5. The highest BCUT2D eigenvalue weighted by Gasteiger charge is 2.34. The summed E-state index contributed by atoms with van der Waals surface area (Å²) in [6, 6.07) is 0. The van der Waals surface area contributed by atoms with Gasteiger partial charge in [-0.15, -0.1) is 36.2 Å². The number of piperidine rings is 1. The zero-order chi connectivity index (χ0) is 13.2. The zero-order valence-corrected chi connectivity index (χ0v) is 14.6. The van der Waals surface area contributed by atoms with Crippen LogP contribution in [0.1, 0.15) is 30.7 Å². The molecular formula is C14H23Cl2N3OS.